The number of halogens is 1. The smallest absolute Gasteiger partial charge is 0.317 e. The molecule has 3 rings (SSSR count). The predicted molar refractivity (Wildman–Crippen MR) is 113 cm³/mol. The minimum atomic E-state index is -0.286. The van der Waals surface area contributed by atoms with Crippen molar-refractivity contribution in [1.29, 1.82) is 0 Å². The number of anilines is 1. The number of benzene rings is 1. The molecule has 1 N–H and O–H groups in total. The van der Waals surface area contributed by atoms with Crippen LogP contribution in [0.3, 0.4) is 0 Å². The van der Waals surface area contributed by atoms with Gasteiger partial charge >= 0.3 is 6.03 Å². The van der Waals surface area contributed by atoms with Gasteiger partial charge < -0.3 is 24.4 Å². The summed E-state index contributed by atoms with van der Waals surface area (Å²) in [5.74, 6) is 0.566. The first-order chi connectivity index (χ1) is 14.4. The second kappa shape index (κ2) is 9.65. The molecular weight excluding hydrogens is 387 g/mol. The van der Waals surface area contributed by atoms with Crippen LogP contribution in [0.2, 0.25) is 0 Å². The average Bonchev–Trinajstić information content (AvgIpc) is 3.20. The van der Waals surface area contributed by atoms with Crippen molar-refractivity contribution in [3.63, 3.8) is 0 Å². The van der Waals surface area contributed by atoms with Gasteiger partial charge in [0, 0.05) is 45.8 Å². The summed E-state index contributed by atoms with van der Waals surface area (Å²) >= 11 is 0. The summed E-state index contributed by atoms with van der Waals surface area (Å²) in [6, 6.07) is 8.26. The number of piperazine rings is 1. The number of amides is 3. The number of carbonyl (C=O) groups excluding carboxylic acids is 2. The second-order valence-electron chi connectivity index (χ2n) is 7.31. The molecule has 1 saturated heterocycles. The fourth-order valence-electron chi connectivity index (χ4n) is 3.59. The first kappa shape index (κ1) is 21.7. The van der Waals surface area contributed by atoms with Crippen molar-refractivity contribution in [2.75, 3.05) is 44.2 Å². The van der Waals surface area contributed by atoms with E-state index >= 15 is 0 Å². The third-order valence-corrected chi connectivity index (χ3v) is 5.37. The zero-order valence-electron chi connectivity index (χ0n) is 17.8. The Labute approximate surface area is 176 Å². The predicted octanol–water partition coefficient (Wildman–Crippen LogP) is 3.24. The lowest BCUT2D eigenvalue weighted by Crippen LogP contribution is -2.53. The van der Waals surface area contributed by atoms with Crippen LogP contribution in [0.5, 0.6) is 0 Å². The molecule has 162 valence electrons. The zero-order valence-corrected chi connectivity index (χ0v) is 17.8. The summed E-state index contributed by atoms with van der Waals surface area (Å²) in [4.78, 5) is 30.2. The number of hydrogen-bond acceptors (Lipinski definition) is 4. The van der Waals surface area contributed by atoms with Crippen LogP contribution >= 0.6 is 0 Å². The van der Waals surface area contributed by atoms with Crippen LogP contribution in [0.4, 0.5) is 14.9 Å². The Balaban J connectivity index is 1.49. The number of rotatable bonds is 6. The SMILES string of the molecule is CCN(CC)c1ccc(CNC(=O)N2CCN(C(=O)c3ccc(C)o3)CC2)cc1F. The maximum atomic E-state index is 14.4. The number of hydrogen-bond donors (Lipinski definition) is 1. The van der Waals surface area contributed by atoms with Gasteiger partial charge in [0.2, 0.25) is 0 Å². The van der Waals surface area contributed by atoms with Gasteiger partial charge in [0.1, 0.15) is 11.6 Å². The Kier molecular flexibility index (Phi) is 6.97. The highest BCUT2D eigenvalue weighted by molar-refractivity contribution is 5.91. The largest absolute Gasteiger partial charge is 0.456 e. The van der Waals surface area contributed by atoms with Gasteiger partial charge in [0.25, 0.3) is 5.91 Å². The summed E-state index contributed by atoms with van der Waals surface area (Å²) in [6.07, 6.45) is 0. The molecule has 0 aliphatic carbocycles. The molecule has 0 spiro atoms. The molecule has 0 radical (unpaired) electrons. The summed E-state index contributed by atoms with van der Waals surface area (Å²) in [5.41, 5.74) is 1.28. The summed E-state index contributed by atoms with van der Waals surface area (Å²) in [5, 5.41) is 2.84. The maximum absolute atomic E-state index is 14.4. The van der Waals surface area contributed by atoms with Gasteiger partial charge in [-0.25, -0.2) is 9.18 Å². The lowest BCUT2D eigenvalue weighted by atomic mass is 10.1. The van der Waals surface area contributed by atoms with Gasteiger partial charge in [-0.2, -0.15) is 0 Å². The summed E-state index contributed by atoms with van der Waals surface area (Å²) in [7, 11) is 0. The van der Waals surface area contributed by atoms with Gasteiger partial charge in [0.05, 0.1) is 5.69 Å². The number of nitrogens with one attached hydrogen (secondary N) is 1. The molecule has 2 heterocycles. The van der Waals surface area contributed by atoms with Crippen LogP contribution in [-0.2, 0) is 6.54 Å². The van der Waals surface area contributed by atoms with Gasteiger partial charge in [-0.3, -0.25) is 4.79 Å². The van der Waals surface area contributed by atoms with Crippen LogP contribution in [0, 0.1) is 12.7 Å². The summed E-state index contributed by atoms with van der Waals surface area (Å²) in [6.45, 7) is 9.24. The number of nitrogens with zero attached hydrogens (tertiary/aromatic N) is 3. The van der Waals surface area contributed by atoms with Crippen molar-refractivity contribution < 1.29 is 18.4 Å². The van der Waals surface area contributed by atoms with Crippen molar-refractivity contribution in [3.8, 4) is 0 Å². The van der Waals surface area contributed by atoms with E-state index in [1.54, 1.807) is 34.9 Å². The third kappa shape index (κ3) is 4.93. The van der Waals surface area contributed by atoms with Crippen molar-refractivity contribution >= 4 is 17.6 Å². The van der Waals surface area contributed by atoms with Crippen LogP contribution in [-0.4, -0.2) is 61.0 Å². The molecule has 0 atom stereocenters. The topological polar surface area (TPSA) is 69.0 Å². The molecule has 0 bridgehead atoms. The standard InChI is InChI=1S/C22H29FN4O3/c1-4-25(5-2)19-8-7-17(14-18(19)23)15-24-22(29)27-12-10-26(11-13-27)21(28)20-9-6-16(3)30-20/h6-9,14H,4-5,10-13,15H2,1-3H3,(H,24,29). The normalized spacial score (nSPS) is 14.0. The third-order valence-electron chi connectivity index (χ3n) is 5.37. The molecule has 1 aliphatic rings. The highest BCUT2D eigenvalue weighted by atomic mass is 19.1. The second-order valence-corrected chi connectivity index (χ2v) is 7.31. The summed E-state index contributed by atoms with van der Waals surface area (Å²) < 4.78 is 19.8. The van der Waals surface area contributed by atoms with Crippen molar-refractivity contribution in [2.45, 2.75) is 27.3 Å². The number of urea groups is 1. The highest BCUT2D eigenvalue weighted by Crippen LogP contribution is 2.20. The minimum absolute atomic E-state index is 0.160. The van der Waals surface area contributed by atoms with E-state index in [2.05, 4.69) is 5.32 Å². The molecule has 8 heteroatoms. The molecule has 3 amide bonds. The lowest BCUT2D eigenvalue weighted by Gasteiger charge is -2.34. The Morgan fingerprint density at radius 3 is 2.30 bits per heavy atom. The number of furan rings is 1. The fourth-order valence-corrected chi connectivity index (χ4v) is 3.59. The van der Waals surface area contributed by atoms with Crippen molar-refractivity contribution in [2.24, 2.45) is 0 Å². The molecule has 7 nitrogen and oxygen atoms in total. The van der Waals surface area contributed by atoms with E-state index in [9.17, 15) is 14.0 Å². The van der Waals surface area contributed by atoms with E-state index in [0.717, 1.165) is 13.1 Å². The molecule has 1 aromatic heterocycles. The average molecular weight is 416 g/mol. The number of carbonyl (C=O) groups is 2. The monoisotopic (exact) mass is 416 g/mol. The highest BCUT2D eigenvalue weighted by Gasteiger charge is 2.26. The molecule has 1 aromatic carbocycles. The molecule has 30 heavy (non-hydrogen) atoms. The molecular formula is C22H29FN4O3. The van der Waals surface area contributed by atoms with Crippen molar-refractivity contribution in [1.82, 2.24) is 15.1 Å². The minimum Gasteiger partial charge on any atom is -0.456 e. The fraction of sp³-hybridized carbons (Fsp3) is 0.455. The van der Waals surface area contributed by atoms with Crippen LogP contribution in [0.15, 0.2) is 34.7 Å². The van der Waals surface area contributed by atoms with E-state index in [0.29, 0.717) is 49.0 Å². The molecule has 1 fully saturated rings. The zero-order chi connectivity index (χ0) is 21.7. The first-order valence-electron chi connectivity index (χ1n) is 10.3. The molecule has 1 aliphatic heterocycles. The molecule has 0 unspecified atom stereocenters. The quantitative estimate of drug-likeness (QED) is 0.785. The van der Waals surface area contributed by atoms with Gasteiger partial charge in [-0.1, -0.05) is 6.07 Å². The van der Waals surface area contributed by atoms with E-state index in [1.807, 2.05) is 24.8 Å². The molecule has 0 saturated carbocycles. The van der Waals surface area contributed by atoms with Gasteiger partial charge in [-0.05, 0) is 50.6 Å². The van der Waals surface area contributed by atoms with Crippen LogP contribution < -0.4 is 10.2 Å². The van der Waals surface area contributed by atoms with E-state index < -0.39 is 0 Å². The number of aryl methyl sites for hydroxylation is 1. The van der Waals surface area contributed by atoms with Crippen molar-refractivity contribution in [3.05, 3.63) is 53.2 Å². The Morgan fingerprint density at radius 2 is 1.73 bits per heavy atom. The lowest BCUT2D eigenvalue weighted by molar-refractivity contribution is 0.0632. The Hall–Kier alpha value is -3.03. The van der Waals surface area contributed by atoms with Crippen LogP contribution in [0.25, 0.3) is 0 Å². The Bertz CT molecular complexity index is 886. The first-order valence-corrected chi connectivity index (χ1v) is 10.3. The van der Waals surface area contributed by atoms with Gasteiger partial charge in [-0.15, -0.1) is 0 Å². The molecule has 2 aromatic rings. The van der Waals surface area contributed by atoms with Crippen LogP contribution in [0.1, 0.15) is 35.7 Å². The van der Waals surface area contributed by atoms with E-state index in [-0.39, 0.29) is 24.3 Å². The Morgan fingerprint density at radius 1 is 1.07 bits per heavy atom. The van der Waals surface area contributed by atoms with Gasteiger partial charge in [0.15, 0.2) is 5.76 Å². The van der Waals surface area contributed by atoms with E-state index in [1.165, 1.54) is 6.07 Å². The van der Waals surface area contributed by atoms with E-state index in [4.69, 9.17) is 4.42 Å². The maximum Gasteiger partial charge on any atom is 0.317 e.